The van der Waals surface area contributed by atoms with Crippen LogP contribution in [0, 0.1) is 11.6 Å². The van der Waals surface area contributed by atoms with Gasteiger partial charge in [0.15, 0.2) is 6.10 Å². The molecule has 0 bridgehead atoms. The Hall–Kier alpha value is -1.54. The predicted octanol–water partition coefficient (Wildman–Crippen LogP) is 1.65. The predicted molar refractivity (Wildman–Crippen MR) is 67.3 cm³/mol. The Kier molecular flexibility index (Phi) is 4.34. The fourth-order valence-corrected chi connectivity index (χ4v) is 2.29. The number of amides is 1. The van der Waals surface area contributed by atoms with Crippen molar-refractivity contribution in [1.82, 2.24) is 4.90 Å². The van der Waals surface area contributed by atoms with Crippen LogP contribution in [0.15, 0.2) is 16.6 Å². The molecule has 1 aliphatic rings. The van der Waals surface area contributed by atoms with Gasteiger partial charge < -0.3 is 14.7 Å². The summed E-state index contributed by atoms with van der Waals surface area (Å²) < 4.78 is 32.5. The van der Waals surface area contributed by atoms with Crippen molar-refractivity contribution in [3.8, 4) is 0 Å². The van der Waals surface area contributed by atoms with Gasteiger partial charge in [0.25, 0.3) is 5.91 Å². The Balaban J connectivity index is 2.25. The smallest absolute Gasteiger partial charge is 0.334 e. The summed E-state index contributed by atoms with van der Waals surface area (Å²) in [6.45, 7) is -0.164. The lowest BCUT2D eigenvalue weighted by Gasteiger charge is -2.31. The topological polar surface area (TPSA) is 66.8 Å². The largest absolute Gasteiger partial charge is 0.479 e. The molecule has 1 saturated heterocycles. The number of carbonyl (C=O) groups excluding carboxylic acids is 1. The minimum atomic E-state index is -1.22. The van der Waals surface area contributed by atoms with Crippen LogP contribution < -0.4 is 0 Å². The average Bonchev–Trinajstić information content (AvgIpc) is 2.37. The van der Waals surface area contributed by atoms with Gasteiger partial charge in [0.05, 0.1) is 13.2 Å². The van der Waals surface area contributed by atoms with E-state index in [1.54, 1.807) is 0 Å². The highest BCUT2D eigenvalue weighted by molar-refractivity contribution is 9.10. The molecule has 0 aliphatic carbocycles. The summed E-state index contributed by atoms with van der Waals surface area (Å²) in [6.07, 6.45) is -1.19. The molecule has 8 heteroatoms. The van der Waals surface area contributed by atoms with Crippen molar-refractivity contribution in [1.29, 1.82) is 0 Å². The van der Waals surface area contributed by atoms with Crippen molar-refractivity contribution in [3.63, 3.8) is 0 Å². The molecule has 1 unspecified atom stereocenters. The highest BCUT2D eigenvalue weighted by Crippen LogP contribution is 2.21. The standard InChI is InChI=1S/C12H10BrF2NO4/c13-6-3-7(14)10(8(15)4-6)11(17)16-1-2-20-9(5-16)12(18)19/h3-4,9H,1-2,5H2,(H,18,19). The van der Waals surface area contributed by atoms with E-state index in [0.29, 0.717) is 0 Å². The first-order valence-corrected chi connectivity index (χ1v) is 6.47. The number of carboxylic acid groups (broad SMARTS) is 1. The number of nitrogens with zero attached hydrogens (tertiary/aromatic N) is 1. The second-order valence-electron chi connectivity index (χ2n) is 4.19. The lowest BCUT2D eigenvalue weighted by atomic mass is 10.1. The summed E-state index contributed by atoms with van der Waals surface area (Å²) in [5.74, 6) is -4.11. The molecule has 1 N–H and O–H groups in total. The fourth-order valence-electron chi connectivity index (χ4n) is 1.89. The van der Waals surface area contributed by atoms with E-state index < -0.39 is 35.2 Å². The zero-order chi connectivity index (χ0) is 14.9. The number of benzene rings is 1. The maximum Gasteiger partial charge on any atom is 0.334 e. The lowest BCUT2D eigenvalue weighted by molar-refractivity contribution is -0.154. The van der Waals surface area contributed by atoms with Crippen LogP contribution in [0.5, 0.6) is 0 Å². The van der Waals surface area contributed by atoms with Crippen LogP contribution in [-0.4, -0.2) is 47.7 Å². The van der Waals surface area contributed by atoms with Crippen LogP contribution >= 0.6 is 15.9 Å². The minimum Gasteiger partial charge on any atom is -0.479 e. The first-order valence-electron chi connectivity index (χ1n) is 5.68. The zero-order valence-electron chi connectivity index (χ0n) is 10.1. The van der Waals surface area contributed by atoms with E-state index in [9.17, 15) is 18.4 Å². The van der Waals surface area contributed by atoms with Crippen LogP contribution in [0.3, 0.4) is 0 Å². The van der Waals surface area contributed by atoms with E-state index in [2.05, 4.69) is 15.9 Å². The van der Waals surface area contributed by atoms with Gasteiger partial charge in [-0.25, -0.2) is 13.6 Å². The number of hydrogen-bond acceptors (Lipinski definition) is 3. The summed E-state index contributed by atoms with van der Waals surface area (Å²) in [6, 6.07) is 1.96. The maximum atomic E-state index is 13.7. The Morgan fingerprint density at radius 3 is 2.50 bits per heavy atom. The Bertz CT molecular complexity index is 543. The second kappa shape index (κ2) is 5.84. The number of carboxylic acids is 1. The molecule has 0 saturated carbocycles. The van der Waals surface area contributed by atoms with Crippen molar-refractivity contribution in [3.05, 3.63) is 33.8 Å². The SMILES string of the molecule is O=C(O)C1CN(C(=O)c2c(F)cc(Br)cc2F)CCO1. The van der Waals surface area contributed by atoms with E-state index in [4.69, 9.17) is 9.84 Å². The van der Waals surface area contributed by atoms with Gasteiger partial charge in [-0.15, -0.1) is 0 Å². The molecule has 1 heterocycles. The molecule has 1 aliphatic heterocycles. The normalized spacial score (nSPS) is 18.9. The summed E-state index contributed by atoms with van der Waals surface area (Å²) in [7, 11) is 0. The molecular weight excluding hydrogens is 340 g/mol. The van der Waals surface area contributed by atoms with Gasteiger partial charge in [0, 0.05) is 11.0 Å². The molecule has 5 nitrogen and oxygen atoms in total. The number of aliphatic carboxylic acids is 1. The molecule has 1 amide bonds. The molecule has 2 rings (SSSR count). The fraction of sp³-hybridized carbons (Fsp3) is 0.333. The van der Waals surface area contributed by atoms with Crippen LogP contribution in [-0.2, 0) is 9.53 Å². The number of morpholine rings is 1. The molecule has 108 valence electrons. The van der Waals surface area contributed by atoms with Gasteiger partial charge in [-0.05, 0) is 12.1 Å². The Morgan fingerprint density at radius 2 is 1.95 bits per heavy atom. The Morgan fingerprint density at radius 1 is 1.35 bits per heavy atom. The third kappa shape index (κ3) is 2.96. The number of carbonyl (C=O) groups is 2. The van der Waals surface area contributed by atoms with E-state index in [-0.39, 0.29) is 24.2 Å². The monoisotopic (exact) mass is 349 g/mol. The van der Waals surface area contributed by atoms with Crippen molar-refractivity contribution >= 4 is 27.8 Å². The molecule has 0 aromatic heterocycles. The first-order chi connectivity index (χ1) is 9.40. The summed E-state index contributed by atoms with van der Waals surface area (Å²) >= 11 is 2.92. The van der Waals surface area contributed by atoms with Crippen LogP contribution in [0.2, 0.25) is 0 Å². The van der Waals surface area contributed by atoms with Gasteiger partial charge >= 0.3 is 5.97 Å². The molecular formula is C12H10BrF2NO4. The molecule has 20 heavy (non-hydrogen) atoms. The maximum absolute atomic E-state index is 13.7. The van der Waals surface area contributed by atoms with Crippen molar-refractivity contribution < 1.29 is 28.2 Å². The van der Waals surface area contributed by atoms with Gasteiger partial charge in [-0.2, -0.15) is 0 Å². The van der Waals surface area contributed by atoms with E-state index >= 15 is 0 Å². The summed E-state index contributed by atoms with van der Waals surface area (Å²) in [5, 5.41) is 8.84. The average molecular weight is 350 g/mol. The quantitative estimate of drug-likeness (QED) is 0.881. The highest BCUT2D eigenvalue weighted by atomic mass is 79.9. The number of ether oxygens (including phenoxy) is 1. The van der Waals surface area contributed by atoms with E-state index in [1.807, 2.05) is 0 Å². The molecule has 1 fully saturated rings. The number of rotatable bonds is 2. The van der Waals surface area contributed by atoms with E-state index in [0.717, 1.165) is 17.0 Å². The molecule has 0 radical (unpaired) electrons. The third-order valence-electron chi connectivity index (χ3n) is 2.85. The summed E-state index contributed by atoms with van der Waals surface area (Å²) in [5.41, 5.74) is -0.695. The number of halogens is 3. The van der Waals surface area contributed by atoms with Crippen molar-refractivity contribution in [2.75, 3.05) is 19.7 Å². The van der Waals surface area contributed by atoms with Crippen molar-refractivity contribution in [2.45, 2.75) is 6.10 Å². The van der Waals surface area contributed by atoms with Crippen LogP contribution in [0.25, 0.3) is 0 Å². The molecule has 1 aromatic rings. The third-order valence-corrected chi connectivity index (χ3v) is 3.31. The molecule has 1 aromatic carbocycles. The van der Waals surface area contributed by atoms with Gasteiger partial charge in [0.2, 0.25) is 0 Å². The minimum absolute atomic E-state index is 0.00245. The van der Waals surface area contributed by atoms with Crippen molar-refractivity contribution in [2.24, 2.45) is 0 Å². The summed E-state index contributed by atoms with van der Waals surface area (Å²) in [4.78, 5) is 24.0. The van der Waals surface area contributed by atoms with Gasteiger partial charge in [-0.1, -0.05) is 15.9 Å². The van der Waals surface area contributed by atoms with Gasteiger partial charge in [-0.3, -0.25) is 4.79 Å². The Labute approximate surface area is 121 Å². The van der Waals surface area contributed by atoms with E-state index in [1.165, 1.54) is 0 Å². The molecule has 0 spiro atoms. The highest BCUT2D eigenvalue weighted by Gasteiger charge is 2.31. The van der Waals surface area contributed by atoms with Crippen LogP contribution in [0.1, 0.15) is 10.4 Å². The molecule has 1 atom stereocenters. The lowest BCUT2D eigenvalue weighted by Crippen LogP contribution is -2.48. The van der Waals surface area contributed by atoms with Gasteiger partial charge in [0.1, 0.15) is 17.2 Å². The van der Waals surface area contributed by atoms with Crippen LogP contribution in [0.4, 0.5) is 8.78 Å². The first kappa shape index (κ1) is 14.9. The second-order valence-corrected chi connectivity index (χ2v) is 5.11. The zero-order valence-corrected chi connectivity index (χ0v) is 11.7. The number of hydrogen-bond donors (Lipinski definition) is 1.